The van der Waals surface area contributed by atoms with Gasteiger partial charge < -0.3 is 10.6 Å². The van der Waals surface area contributed by atoms with Gasteiger partial charge >= 0.3 is 0 Å². The highest BCUT2D eigenvalue weighted by Gasteiger charge is 2.17. The third kappa shape index (κ3) is 5.95. The van der Waals surface area contributed by atoms with Crippen LogP contribution >= 0.6 is 0 Å². The number of aromatic nitrogens is 1. The molecule has 2 N–H and O–H groups in total. The molecule has 1 aromatic carbocycles. The predicted molar refractivity (Wildman–Crippen MR) is 90.1 cm³/mol. The van der Waals surface area contributed by atoms with Crippen LogP contribution in [0.15, 0.2) is 36.5 Å². The van der Waals surface area contributed by atoms with Crippen LogP contribution in [0.5, 0.6) is 0 Å². The van der Waals surface area contributed by atoms with Gasteiger partial charge in [0.2, 0.25) is 5.91 Å². The summed E-state index contributed by atoms with van der Waals surface area (Å²) in [6.45, 7) is 5.53. The van der Waals surface area contributed by atoms with Crippen molar-refractivity contribution in [2.75, 3.05) is 5.32 Å². The summed E-state index contributed by atoms with van der Waals surface area (Å²) in [5, 5.41) is 5.35. The first-order valence-corrected chi connectivity index (χ1v) is 7.66. The van der Waals surface area contributed by atoms with E-state index in [9.17, 15) is 18.4 Å². The second-order valence-electron chi connectivity index (χ2n) is 6.64. The van der Waals surface area contributed by atoms with Gasteiger partial charge in [0.1, 0.15) is 17.3 Å². The van der Waals surface area contributed by atoms with Gasteiger partial charge in [0.05, 0.1) is 6.42 Å². The van der Waals surface area contributed by atoms with Gasteiger partial charge in [-0.2, -0.15) is 0 Å². The maximum Gasteiger partial charge on any atom is 0.270 e. The molecule has 0 aliphatic heterocycles. The average Bonchev–Trinajstić information content (AvgIpc) is 2.44. The molecule has 0 unspecified atom stereocenters. The maximum atomic E-state index is 13.2. The van der Waals surface area contributed by atoms with Gasteiger partial charge in [-0.25, -0.2) is 8.78 Å². The number of carbonyl (C=O) groups excluding carboxylic acids is 2. The molecule has 0 spiro atoms. The normalized spacial score (nSPS) is 11.1. The number of nitrogens with one attached hydrogen (secondary N) is 2. The lowest BCUT2D eigenvalue weighted by molar-refractivity contribution is -0.115. The molecule has 0 saturated heterocycles. The van der Waals surface area contributed by atoms with Crippen molar-refractivity contribution in [3.05, 3.63) is 59.4 Å². The summed E-state index contributed by atoms with van der Waals surface area (Å²) in [5.74, 6) is -2.31. The fraction of sp³-hybridized carbons (Fsp3) is 0.278. The first kappa shape index (κ1) is 18.5. The van der Waals surface area contributed by atoms with Crippen LogP contribution in [0.25, 0.3) is 0 Å². The monoisotopic (exact) mass is 347 g/mol. The summed E-state index contributed by atoms with van der Waals surface area (Å²) in [5.41, 5.74) is 0.328. The lowest BCUT2D eigenvalue weighted by atomic mass is 10.1. The zero-order valence-corrected chi connectivity index (χ0v) is 14.2. The Kier molecular flexibility index (Phi) is 5.46. The average molecular weight is 347 g/mol. The molecule has 0 saturated carbocycles. The van der Waals surface area contributed by atoms with Crippen molar-refractivity contribution in [2.45, 2.75) is 32.7 Å². The Balaban J connectivity index is 2.06. The van der Waals surface area contributed by atoms with Crippen molar-refractivity contribution in [1.82, 2.24) is 10.3 Å². The van der Waals surface area contributed by atoms with Gasteiger partial charge in [0, 0.05) is 23.5 Å². The fourth-order valence-electron chi connectivity index (χ4n) is 2.14. The van der Waals surface area contributed by atoms with Crippen molar-refractivity contribution >= 4 is 17.5 Å². The standard InChI is InChI=1S/C18H19F2N3O2/c1-18(2,3)23-17(25)15-10-14(4-5-21-15)22-16(24)8-11-6-12(19)9-13(20)7-11/h4-7,9-10H,8H2,1-3H3,(H,23,25)(H,21,22,24). The van der Waals surface area contributed by atoms with Crippen molar-refractivity contribution in [1.29, 1.82) is 0 Å². The van der Waals surface area contributed by atoms with Crippen LogP contribution < -0.4 is 10.6 Å². The summed E-state index contributed by atoms with van der Waals surface area (Å²) < 4.78 is 26.3. The Morgan fingerprint density at radius 1 is 1.08 bits per heavy atom. The molecule has 2 rings (SSSR count). The van der Waals surface area contributed by atoms with Gasteiger partial charge in [0.25, 0.3) is 5.91 Å². The highest BCUT2D eigenvalue weighted by atomic mass is 19.1. The maximum absolute atomic E-state index is 13.2. The van der Waals surface area contributed by atoms with Crippen LogP contribution in [0.4, 0.5) is 14.5 Å². The number of hydrogen-bond donors (Lipinski definition) is 2. The minimum atomic E-state index is -0.743. The third-order valence-electron chi connectivity index (χ3n) is 3.05. The highest BCUT2D eigenvalue weighted by Crippen LogP contribution is 2.12. The van der Waals surface area contributed by atoms with Crippen molar-refractivity contribution in [2.24, 2.45) is 0 Å². The van der Waals surface area contributed by atoms with E-state index < -0.39 is 23.1 Å². The summed E-state index contributed by atoms with van der Waals surface area (Å²) in [6, 6.07) is 5.89. The zero-order chi connectivity index (χ0) is 18.6. The number of anilines is 1. The topological polar surface area (TPSA) is 71.1 Å². The Bertz CT molecular complexity index is 781. The van der Waals surface area contributed by atoms with E-state index in [1.165, 1.54) is 18.3 Å². The number of halogens is 2. The molecule has 0 aliphatic rings. The van der Waals surface area contributed by atoms with E-state index in [1.54, 1.807) is 0 Å². The second-order valence-corrected chi connectivity index (χ2v) is 6.64. The van der Waals surface area contributed by atoms with Gasteiger partial charge in [-0.3, -0.25) is 14.6 Å². The SMILES string of the molecule is CC(C)(C)NC(=O)c1cc(NC(=O)Cc2cc(F)cc(F)c2)ccn1. The van der Waals surface area contributed by atoms with E-state index >= 15 is 0 Å². The highest BCUT2D eigenvalue weighted by molar-refractivity contribution is 5.96. The molecule has 132 valence electrons. The third-order valence-corrected chi connectivity index (χ3v) is 3.05. The lowest BCUT2D eigenvalue weighted by Crippen LogP contribution is -2.40. The molecule has 0 aliphatic carbocycles. The minimum absolute atomic E-state index is 0.157. The van der Waals surface area contributed by atoms with Crippen LogP contribution in [0.2, 0.25) is 0 Å². The first-order chi connectivity index (χ1) is 11.6. The summed E-state index contributed by atoms with van der Waals surface area (Å²) in [4.78, 5) is 28.1. The van der Waals surface area contributed by atoms with Crippen LogP contribution in [0, 0.1) is 11.6 Å². The van der Waals surface area contributed by atoms with Crippen molar-refractivity contribution in [3.63, 3.8) is 0 Å². The molecule has 0 bridgehead atoms. The molecule has 2 aromatic rings. The van der Waals surface area contributed by atoms with E-state index in [0.717, 1.165) is 18.2 Å². The predicted octanol–water partition coefficient (Wildman–Crippen LogP) is 3.07. The van der Waals surface area contributed by atoms with Gasteiger partial charge in [0.15, 0.2) is 0 Å². The molecule has 25 heavy (non-hydrogen) atoms. The largest absolute Gasteiger partial charge is 0.346 e. The smallest absolute Gasteiger partial charge is 0.270 e. The summed E-state index contributed by atoms with van der Waals surface area (Å²) in [7, 11) is 0. The molecular weight excluding hydrogens is 328 g/mol. The van der Waals surface area contributed by atoms with E-state index in [-0.39, 0.29) is 23.6 Å². The van der Waals surface area contributed by atoms with Crippen molar-refractivity contribution in [3.8, 4) is 0 Å². The number of benzene rings is 1. The minimum Gasteiger partial charge on any atom is -0.346 e. The summed E-state index contributed by atoms with van der Waals surface area (Å²) in [6.07, 6.45) is 1.20. The number of rotatable bonds is 4. The number of amides is 2. The molecule has 0 fully saturated rings. The summed E-state index contributed by atoms with van der Waals surface area (Å²) >= 11 is 0. The van der Waals surface area contributed by atoms with Gasteiger partial charge in [-0.15, -0.1) is 0 Å². The molecule has 2 amide bonds. The number of nitrogens with zero attached hydrogens (tertiary/aromatic N) is 1. The Morgan fingerprint density at radius 2 is 1.72 bits per heavy atom. The second kappa shape index (κ2) is 7.38. The zero-order valence-electron chi connectivity index (χ0n) is 14.2. The van der Waals surface area contributed by atoms with Crippen molar-refractivity contribution < 1.29 is 18.4 Å². The first-order valence-electron chi connectivity index (χ1n) is 7.66. The Morgan fingerprint density at radius 3 is 2.32 bits per heavy atom. The number of hydrogen-bond acceptors (Lipinski definition) is 3. The molecule has 7 heteroatoms. The molecular formula is C18H19F2N3O2. The van der Waals surface area contributed by atoms with Crippen LogP contribution in [-0.2, 0) is 11.2 Å². The quantitative estimate of drug-likeness (QED) is 0.893. The van der Waals surface area contributed by atoms with E-state index in [0.29, 0.717) is 5.69 Å². The van der Waals surface area contributed by atoms with Gasteiger partial charge in [-0.1, -0.05) is 0 Å². The number of pyridine rings is 1. The molecule has 5 nitrogen and oxygen atoms in total. The van der Waals surface area contributed by atoms with Crippen LogP contribution in [0.1, 0.15) is 36.8 Å². The lowest BCUT2D eigenvalue weighted by Gasteiger charge is -2.20. The molecule has 0 radical (unpaired) electrons. The molecule has 0 atom stereocenters. The fourth-order valence-corrected chi connectivity index (χ4v) is 2.14. The molecule has 1 heterocycles. The van der Waals surface area contributed by atoms with E-state index in [1.807, 2.05) is 20.8 Å². The van der Waals surface area contributed by atoms with E-state index in [2.05, 4.69) is 15.6 Å². The van der Waals surface area contributed by atoms with E-state index in [4.69, 9.17) is 0 Å². The number of carbonyl (C=O) groups is 2. The Hall–Kier alpha value is -2.83. The Labute approximate surface area is 144 Å². The van der Waals surface area contributed by atoms with Crippen LogP contribution in [-0.4, -0.2) is 22.3 Å². The molecule has 1 aromatic heterocycles. The van der Waals surface area contributed by atoms with Gasteiger partial charge in [-0.05, 0) is 50.6 Å². The van der Waals surface area contributed by atoms with Crippen LogP contribution in [0.3, 0.4) is 0 Å².